The summed E-state index contributed by atoms with van der Waals surface area (Å²) in [5, 5.41) is 0.168. The first kappa shape index (κ1) is 15.4. The Labute approximate surface area is 114 Å². The average molecular weight is 291 g/mol. The molecule has 0 bridgehead atoms. The molecule has 0 spiro atoms. The minimum absolute atomic E-state index is 0.0540. The van der Waals surface area contributed by atoms with Crippen molar-refractivity contribution in [1.82, 2.24) is 9.71 Å². The van der Waals surface area contributed by atoms with Gasteiger partial charge in [0.25, 0.3) is 0 Å². The lowest BCUT2D eigenvalue weighted by Crippen LogP contribution is -2.33. The van der Waals surface area contributed by atoms with Crippen LogP contribution in [-0.4, -0.2) is 19.9 Å². The summed E-state index contributed by atoms with van der Waals surface area (Å²) >= 11 is 5.68. The molecular weight excluding hydrogens is 272 g/mol. The van der Waals surface area contributed by atoms with E-state index in [4.69, 9.17) is 11.6 Å². The molecule has 102 valence electrons. The van der Waals surface area contributed by atoms with Gasteiger partial charge in [-0.3, -0.25) is 0 Å². The van der Waals surface area contributed by atoms with Gasteiger partial charge in [-0.25, -0.2) is 18.1 Å². The van der Waals surface area contributed by atoms with E-state index < -0.39 is 10.0 Å². The van der Waals surface area contributed by atoms with Gasteiger partial charge in [-0.1, -0.05) is 39.3 Å². The largest absolute Gasteiger partial charge is 0.244 e. The first-order chi connectivity index (χ1) is 8.13. The molecule has 1 atom stereocenters. The maximum absolute atomic E-state index is 12.0. The fourth-order valence-electron chi connectivity index (χ4n) is 1.18. The van der Waals surface area contributed by atoms with Crippen molar-refractivity contribution in [3.8, 4) is 0 Å². The molecule has 1 rings (SSSR count). The number of nitrogens with zero attached hydrogens (tertiary/aromatic N) is 1. The standard InChI is InChI=1S/C12H19ClN2O2S/c1-9(12(2,3)4)8-15-18(16,17)10-5-6-14-11(13)7-10/h5-7,9,15H,8H2,1-4H3. The molecular formula is C12H19ClN2O2S. The highest BCUT2D eigenvalue weighted by Gasteiger charge is 2.22. The van der Waals surface area contributed by atoms with E-state index in [9.17, 15) is 8.42 Å². The van der Waals surface area contributed by atoms with Crippen LogP contribution >= 0.6 is 11.6 Å². The van der Waals surface area contributed by atoms with Crippen molar-refractivity contribution in [3.63, 3.8) is 0 Å². The van der Waals surface area contributed by atoms with Gasteiger partial charge in [0.2, 0.25) is 10.0 Å². The summed E-state index contributed by atoms with van der Waals surface area (Å²) in [4.78, 5) is 3.90. The van der Waals surface area contributed by atoms with Gasteiger partial charge in [0.15, 0.2) is 0 Å². The SMILES string of the molecule is CC(CNS(=O)(=O)c1ccnc(Cl)c1)C(C)(C)C. The molecule has 1 aromatic rings. The predicted molar refractivity (Wildman–Crippen MR) is 73.1 cm³/mol. The Bertz CT molecular complexity index is 509. The highest BCUT2D eigenvalue weighted by Crippen LogP contribution is 2.25. The van der Waals surface area contributed by atoms with E-state index in [1.807, 2.05) is 6.92 Å². The van der Waals surface area contributed by atoms with Crippen molar-refractivity contribution in [2.24, 2.45) is 11.3 Å². The third-order valence-electron chi connectivity index (χ3n) is 3.07. The lowest BCUT2D eigenvalue weighted by molar-refractivity contribution is 0.263. The Balaban J connectivity index is 2.78. The molecule has 0 aliphatic carbocycles. The van der Waals surface area contributed by atoms with Crippen LogP contribution in [0, 0.1) is 11.3 Å². The van der Waals surface area contributed by atoms with Crippen LogP contribution in [0.4, 0.5) is 0 Å². The zero-order valence-corrected chi connectivity index (χ0v) is 12.6. The number of nitrogens with one attached hydrogen (secondary N) is 1. The van der Waals surface area contributed by atoms with E-state index in [1.54, 1.807) is 0 Å². The smallest absolute Gasteiger partial charge is 0.240 e. The van der Waals surface area contributed by atoms with Crippen LogP contribution < -0.4 is 4.72 Å². The summed E-state index contributed by atoms with van der Waals surface area (Å²) < 4.78 is 26.6. The maximum Gasteiger partial charge on any atom is 0.240 e. The number of aromatic nitrogens is 1. The van der Waals surface area contributed by atoms with Gasteiger partial charge in [0, 0.05) is 12.7 Å². The highest BCUT2D eigenvalue weighted by molar-refractivity contribution is 7.89. The highest BCUT2D eigenvalue weighted by atomic mass is 35.5. The van der Waals surface area contributed by atoms with Crippen molar-refractivity contribution in [3.05, 3.63) is 23.5 Å². The zero-order chi connectivity index (χ0) is 14.0. The molecule has 1 unspecified atom stereocenters. The van der Waals surface area contributed by atoms with Crippen LogP contribution in [0.3, 0.4) is 0 Å². The number of halogens is 1. The summed E-state index contributed by atoms with van der Waals surface area (Å²) in [7, 11) is -3.51. The fourth-order valence-corrected chi connectivity index (χ4v) is 2.56. The molecule has 0 fully saturated rings. The molecule has 6 heteroatoms. The summed E-state index contributed by atoms with van der Waals surface area (Å²) in [6, 6.07) is 2.77. The molecule has 0 amide bonds. The molecule has 1 aromatic heterocycles. The first-order valence-corrected chi connectivity index (χ1v) is 7.60. The summed E-state index contributed by atoms with van der Waals surface area (Å²) in [6.45, 7) is 8.65. The molecule has 0 aliphatic rings. The Morgan fingerprint density at radius 1 is 1.44 bits per heavy atom. The van der Waals surface area contributed by atoms with Crippen molar-refractivity contribution in [2.45, 2.75) is 32.6 Å². The Kier molecular flexibility index (Phi) is 4.75. The van der Waals surface area contributed by atoms with E-state index in [-0.39, 0.29) is 21.4 Å². The van der Waals surface area contributed by atoms with E-state index in [0.717, 1.165) is 0 Å². The summed E-state index contributed by atoms with van der Waals surface area (Å²) in [6.07, 6.45) is 1.38. The minimum Gasteiger partial charge on any atom is -0.244 e. The van der Waals surface area contributed by atoms with Gasteiger partial charge in [0.05, 0.1) is 4.90 Å². The van der Waals surface area contributed by atoms with Crippen LogP contribution in [-0.2, 0) is 10.0 Å². The van der Waals surface area contributed by atoms with Crippen molar-refractivity contribution >= 4 is 21.6 Å². The molecule has 4 nitrogen and oxygen atoms in total. The number of hydrogen-bond acceptors (Lipinski definition) is 3. The monoisotopic (exact) mass is 290 g/mol. The first-order valence-electron chi connectivity index (χ1n) is 5.74. The normalized spacial score (nSPS) is 14.5. The van der Waals surface area contributed by atoms with E-state index >= 15 is 0 Å². The summed E-state index contributed by atoms with van der Waals surface area (Å²) in [5.41, 5.74) is 0.0540. The van der Waals surface area contributed by atoms with Gasteiger partial charge in [-0.15, -0.1) is 0 Å². The number of sulfonamides is 1. The van der Waals surface area contributed by atoms with Gasteiger partial charge in [0.1, 0.15) is 5.15 Å². The average Bonchev–Trinajstić information content (AvgIpc) is 2.24. The molecule has 0 aromatic carbocycles. The second-order valence-corrected chi connectivity index (χ2v) is 7.59. The zero-order valence-electron chi connectivity index (χ0n) is 11.1. The second kappa shape index (κ2) is 5.55. The van der Waals surface area contributed by atoms with Gasteiger partial charge in [-0.05, 0) is 23.5 Å². The van der Waals surface area contributed by atoms with E-state index in [0.29, 0.717) is 6.54 Å². The Hall–Kier alpha value is -0.650. The second-order valence-electron chi connectivity index (χ2n) is 5.43. The molecule has 1 heterocycles. The number of pyridine rings is 1. The van der Waals surface area contributed by atoms with Crippen molar-refractivity contribution in [2.75, 3.05) is 6.54 Å². The van der Waals surface area contributed by atoms with E-state index in [2.05, 4.69) is 30.5 Å². The molecule has 0 radical (unpaired) electrons. The van der Waals surface area contributed by atoms with Crippen LogP contribution in [0.1, 0.15) is 27.7 Å². The summed E-state index contributed by atoms with van der Waals surface area (Å²) in [5.74, 6) is 0.226. The van der Waals surface area contributed by atoms with Crippen LogP contribution in [0.5, 0.6) is 0 Å². The molecule has 0 aliphatic heterocycles. The lowest BCUT2D eigenvalue weighted by atomic mass is 9.82. The Morgan fingerprint density at radius 3 is 2.56 bits per heavy atom. The maximum atomic E-state index is 12.0. The van der Waals surface area contributed by atoms with Crippen LogP contribution in [0.25, 0.3) is 0 Å². The van der Waals surface area contributed by atoms with Gasteiger partial charge >= 0.3 is 0 Å². The van der Waals surface area contributed by atoms with Crippen LogP contribution in [0.15, 0.2) is 23.2 Å². The topological polar surface area (TPSA) is 59.1 Å². The molecule has 0 saturated carbocycles. The van der Waals surface area contributed by atoms with Crippen LogP contribution in [0.2, 0.25) is 5.15 Å². The Morgan fingerprint density at radius 2 is 2.06 bits per heavy atom. The van der Waals surface area contributed by atoms with E-state index in [1.165, 1.54) is 18.3 Å². The third-order valence-corrected chi connectivity index (χ3v) is 4.69. The number of rotatable bonds is 4. The van der Waals surface area contributed by atoms with Crippen molar-refractivity contribution < 1.29 is 8.42 Å². The molecule has 18 heavy (non-hydrogen) atoms. The fraction of sp³-hybridized carbons (Fsp3) is 0.583. The van der Waals surface area contributed by atoms with Gasteiger partial charge < -0.3 is 0 Å². The number of hydrogen-bond donors (Lipinski definition) is 1. The van der Waals surface area contributed by atoms with Crippen molar-refractivity contribution in [1.29, 1.82) is 0 Å². The molecule has 0 saturated heterocycles. The lowest BCUT2D eigenvalue weighted by Gasteiger charge is -2.27. The van der Waals surface area contributed by atoms with Gasteiger partial charge in [-0.2, -0.15) is 0 Å². The third kappa shape index (κ3) is 4.23. The molecule has 1 N–H and O–H groups in total. The quantitative estimate of drug-likeness (QED) is 0.867. The minimum atomic E-state index is -3.51. The predicted octanol–water partition coefficient (Wildman–Crippen LogP) is 2.70.